The third kappa shape index (κ3) is 3.96. The van der Waals surface area contributed by atoms with E-state index in [0.29, 0.717) is 21.6 Å². The summed E-state index contributed by atoms with van der Waals surface area (Å²) in [6, 6.07) is 3.34. The van der Waals surface area contributed by atoms with Gasteiger partial charge in [0.2, 0.25) is 0 Å². The van der Waals surface area contributed by atoms with Crippen molar-refractivity contribution in [2.45, 2.75) is 36.2 Å². The number of nitrogens with one attached hydrogen (secondary N) is 1. The Morgan fingerprint density at radius 2 is 1.96 bits per heavy atom. The number of aromatic nitrogens is 1. The molecule has 1 aliphatic heterocycles. The van der Waals surface area contributed by atoms with Crippen LogP contribution in [-0.2, 0) is 14.3 Å². The first-order valence-corrected chi connectivity index (χ1v) is 11.8. The zero-order valence-electron chi connectivity index (χ0n) is 15.0. The van der Waals surface area contributed by atoms with Crippen LogP contribution in [-0.4, -0.2) is 39.1 Å². The quantitative estimate of drug-likeness (QED) is 0.574. The normalized spacial score (nSPS) is 28.7. The maximum atomic E-state index is 12.6. The molecule has 3 aliphatic rings. The van der Waals surface area contributed by atoms with Crippen LogP contribution in [0.4, 0.5) is 5.69 Å². The molecule has 2 unspecified atom stereocenters. The number of halogens is 1. The molecule has 2 aliphatic carbocycles. The number of hydrogen-bond donors (Lipinski definition) is 1. The van der Waals surface area contributed by atoms with Crippen molar-refractivity contribution in [1.82, 2.24) is 4.98 Å². The summed E-state index contributed by atoms with van der Waals surface area (Å²) in [5.41, 5.74) is 0.421. The summed E-state index contributed by atoms with van der Waals surface area (Å²) in [7, 11) is 0. The Morgan fingerprint density at radius 3 is 2.63 bits per heavy atom. The van der Waals surface area contributed by atoms with E-state index in [-0.39, 0.29) is 23.6 Å². The molecule has 2 atom stereocenters. The van der Waals surface area contributed by atoms with Gasteiger partial charge >= 0.3 is 5.97 Å². The smallest absolute Gasteiger partial charge is 0.309 e. The Morgan fingerprint density at radius 1 is 1.26 bits per heavy atom. The minimum Gasteiger partial charge on any atom is -0.455 e. The fraction of sp³-hybridized carbons (Fsp3) is 0.632. The van der Waals surface area contributed by atoms with Gasteiger partial charge in [-0.15, -0.1) is 23.5 Å². The van der Waals surface area contributed by atoms with Crippen LogP contribution in [0, 0.1) is 17.8 Å². The first kappa shape index (κ1) is 19.4. The molecule has 2 bridgehead atoms. The molecule has 1 spiro atoms. The molecule has 1 saturated heterocycles. The predicted molar refractivity (Wildman–Crippen MR) is 110 cm³/mol. The van der Waals surface area contributed by atoms with Crippen LogP contribution in [0.1, 0.15) is 32.1 Å². The monoisotopic (exact) mass is 426 g/mol. The Hall–Kier alpha value is -0.920. The second-order valence-electron chi connectivity index (χ2n) is 7.41. The third-order valence-corrected chi connectivity index (χ3v) is 10.2. The highest BCUT2D eigenvalue weighted by Crippen LogP contribution is 2.64. The number of pyridine rings is 1. The number of carbonyl (C=O) groups is 2. The van der Waals surface area contributed by atoms with E-state index in [9.17, 15) is 9.59 Å². The van der Waals surface area contributed by atoms with Crippen molar-refractivity contribution in [3.8, 4) is 0 Å². The fourth-order valence-electron chi connectivity index (χ4n) is 4.72. The molecular weight excluding hydrogens is 404 g/mol. The molecule has 8 heteroatoms. The van der Waals surface area contributed by atoms with Gasteiger partial charge in [-0.2, -0.15) is 0 Å². The Balaban J connectivity index is 1.32. The first-order chi connectivity index (χ1) is 13.1. The number of rotatable bonds is 4. The molecule has 27 heavy (non-hydrogen) atoms. The van der Waals surface area contributed by atoms with Crippen LogP contribution in [0.25, 0.3) is 0 Å². The third-order valence-electron chi connectivity index (χ3n) is 5.83. The van der Waals surface area contributed by atoms with Crippen LogP contribution in [0.15, 0.2) is 18.3 Å². The maximum Gasteiger partial charge on any atom is 0.309 e. The highest BCUT2D eigenvalue weighted by atomic mass is 35.5. The van der Waals surface area contributed by atoms with E-state index in [1.165, 1.54) is 30.8 Å². The van der Waals surface area contributed by atoms with Crippen LogP contribution in [0.5, 0.6) is 0 Å². The molecule has 1 amide bonds. The molecule has 5 nitrogen and oxygen atoms in total. The molecule has 0 radical (unpaired) electrons. The first-order valence-electron chi connectivity index (χ1n) is 9.43. The summed E-state index contributed by atoms with van der Waals surface area (Å²) in [4.78, 5) is 28.6. The molecule has 4 rings (SSSR count). The van der Waals surface area contributed by atoms with E-state index in [1.807, 2.05) is 0 Å². The Kier molecular flexibility index (Phi) is 5.90. The van der Waals surface area contributed by atoms with Crippen LogP contribution in [0.2, 0.25) is 5.15 Å². The number of ether oxygens (including phenoxy) is 1. The summed E-state index contributed by atoms with van der Waals surface area (Å²) in [5, 5.41) is 2.85. The van der Waals surface area contributed by atoms with Crippen molar-refractivity contribution in [2.75, 3.05) is 23.4 Å². The van der Waals surface area contributed by atoms with Gasteiger partial charge in [0, 0.05) is 17.7 Å². The standard InChI is InChI=1S/C19H23ClN2O3S2/c20-17-15(5-2-6-21-17)22-16(23)11-25-18(24)12-9-13-3-1-4-14(10-12)19(13)26-7-8-27-19/h2,5-6,12-14H,1,3-4,7-11H2,(H,22,23). The summed E-state index contributed by atoms with van der Waals surface area (Å²) in [6.07, 6.45) is 7.03. The molecular formula is C19H23ClN2O3S2. The lowest BCUT2D eigenvalue weighted by Gasteiger charge is -2.51. The number of nitrogens with zero attached hydrogens (tertiary/aromatic N) is 1. The maximum absolute atomic E-state index is 12.6. The largest absolute Gasteiger partial charge is 0.455 e. The van der Waals surface area contributed by atoms with E-state index in [1.54, 1.807) is 18.3 Å². The fourth-order valence-corrected chi connectivity index (χ4v) is 8.83. The van der Waals surface area contributed by atoms with Gasteiger partial charge in [-0.1, -0.05) is 18.0 Å². The van der Waals surface area contributed by atoms with Crippen LogP contribution >= 0.6 is 35.1 Å². The van der Waals surface area contributed by atoms with E-state index in [0.717, 1.165) is 12.8 Å². The number of carbonyl (C=O) groups excluding carboxylic acids is 2. The summed E-state index contributed by atoms with van der Waals surface area (Å²) < 4.78 is 5.68. The highest BCUT2D eigenvalue weighted by molar-refractivity contribution is 8.21. The highest BCUT2D eigenvalue weighted by Gasteiger charge is 2.55. The zero-order valence-corrected chi connectivity index (χ0v) is 17.4. The van der Waals surface area contributed by atoms with Gasteiger partial charge in [-0.3, -0.25) is 9.59 Å². The second kappa shape index (κ2) is 8.21. The number of amides is 1. The van der Waals surface area contributed by atoms with E-state index in [2.05, 4.69) is 33.8 Å². The van der Waals surface area contributed by atoms with Crippen molar-refractivity contribution in [3.63, 3.8) is 0 Å². The average Bonchev–Trinajstić information content (AvgIpc) is 3.11. The minimum atomic E-state index is -0.396. The minimum absolute atomic E-state index is 0.0810. The van der Waals surface area contributed by atoms with Gasteiger partial charge in [0.05, 0.1) is 15.7 Å². The van der Waals surface area contributed by atoms with E-state index >= 15 is 0 Å². The lowest BCUT2D eigenvalue weighted by atomic mass is 9.67. The Bertz CT molecular complexity index is 711. The lowest BCUT2D eigenvalue weighted by molar-refractivity contribution is -0.154. The van der Waals surface area contributed by atoms with Crippen molar-refractivity contribution < 1.29 is 14.3 Å². The van der Waals surface area contributed by atoms with Crippen molar-refractivity contribution >= 4 is 52.7 Å². The second-order valence-corrected chi connectivity index (χ2v) is 10.8. The number of hydrogen-bond acceptors (Lipinski definition) is 6. The Labute approximate surface area is 172 Å². The number of thioether (sulfide) groups is 2. The topological polar surface area (TPSA) is 68.3 Å². The predicted octanol–water partition coefficient (Wildman–Crippen LogP) is 4.22. The van der Waals surface area contributed by atoms with E-state index < -0.39 is 5.91 Å². The van der Waals surface area contributed by atoms with Gasteiger partial charge in [-0.25, -0.2) is 4.98 Å². The SMILES string of the molecule is O=C(COC(=O)C1CC2CCCC(C1)C21SCCS1)Nc1cccnc1Cl. The molecule has 1 N–H and O–H groups in total. The molecule has 1 aromatic heterocycles. The summed E-state index contributed by atoms with van der Waals surface area (Å²) >= 11 is 10.2. The number of anilines is 1. The molecule has 3 fully saturated rings. The van der Waals surface area contributed by atoms with Gasteiger partial charge < -0.3 is 10.1 Å². The van der Waals surface area contributed by atoms with Gasteiger partial charge in [0.15, 0.2) is 11.8 Å². The van der Waals surface area contributed by atoms with Gasteiger partial charge in [-0.05, 0) is 49.7 Å². The van der Waals surface area contributed by atoms with E-state index in [4.69, 9.17) is 16.3 Å². The van der Waals surface area contributed by atoms with Gasteiger partial charge in [0.25, 0.3) is 5.91 Å². The molecule has 1 aromatic rings. The molecule has 2 heterocycles. The zero-order chi connectivity index (χ0) is 18.9. The van der Waals surface area contributed by atoms with Crippen LogP contribution in [0.3, 0.4) is 0 Å². The lowest BCUT2D eigenvalue weighted by Crippen LogP contribution is -2.48. The van der Waals surface area contributed by atoms with Gasteiger partial charge in [0.1, 0.15) is 0 Å². The van der Waals surface area contributed by atoms with Crippen molar-refractivity contribution in [3.05, 3.63) is 23.5 Å². The molecule has 146 valence electrons. The van der Waals surface area contributed by atoms with Crippen LogP contribution < -0.4 is 5.32 Å². The average molecular weight is 427 g/mol. The summed E-state index contributed by atoms with van der Waals surface area (Å²) in [5.74, 6) is 2.91. The van der Waals surface area contributed by atoms with Crippen molar-refractivity contribution in [1.29, 1.82) is 0 Å². The molecule has 0 aromatic carbocycles. The summed E-state index contributed by atoms with van der Waals surface area (Å²) in [6.45, 7) is -0.287. The van der Waals surface area contributed by atoms with Crippen molar-refractivity contribution in [2.24, 2.45) is 17.8 Å². The number of esters is 1. The molecule has 2 saturated carbocycles.